The zero-order valence-corrected chi connectivity index (χ0v) is 15.7. The first kappa shape index (κ1) is 21.0. The first-order valence-electron chi connectivity index (χ1n) is 8.15. The van der Waals surface area contributed by atoms with Gasteiger partial charge in [-0.25, -0.2) is 4.39 Å². The molecule has 1 aromatic carbocycles. The SMILES string of the molecule is Cl.Cl.Fc1cc(Cl)ccc1[C@H](C1CCCCC1)N1CCNCC1. The average Bonchev–Trinajstić information content (AvgIpc) is 2.52. The van der Waals surface area contributed by atoms with E-state index in [0.29, 0.717) is 10.9 Å². The third kappa shape index (κ3) is 5.20. The summed E-state index contributed by atoms with van der Waals surface area (Å²) in [7, 11) is 0. The van der Waals surface area contributed by atoms with Crippen molar-refractivity contribution in [2.75, 3.05) is 26.2 Å². The van der Waals surface area contributed by atoms with E-state index >= 15 is 0 Å². The van der Waals surface area contributed by atoms with E-state index in [1.54, 1.807) is 0 Å². The van der Waals surface area contributed by atoms with Crippen LogP contribution in [0.3, 0.4) is 0 Å². The van der Waals surface area contributed by atoms with Gasteiger partial charge in [0.2, 0.25) is 0 Å². The molecule has 23 heavy (non-hydrogen) atoms. The van der Waals surface area contributed by atoms with Crippen molar-refractivity contribution >= 4 is 36.4 Å². The number of nitrogens with one attached hydrogen (secondary N) is 1. The molecule has 0 aromatic heterocycles. The Bertz CT molecular complexity index is 457. The van der Waals surface area contributed by atoms with Crippen LogP contribution >= 0.6 is 36.4 Å². The van der Waals surface area contributed by atoms with Crippen LogP contribution in [-0.2, 0) is 0 Å². The Balaban J connectivity index is 0.00000132. The highest BCUT2D eigenvalue weighted by Gasteiger charge is 2.32. The van der Waals surface area contributed by atoms with Gasteiger partial charge >= 0.3 is 0 Å². The van der Waals surface area contributed by atoms with Gasteiger partial charge in [0.15, 0.2) is 0 Å². The van der Waals surface area contributed by atoms with Crippen molar-refractivity contribution in [3.05, 3.63) is 34.6 Å². The number of hydrogen-bond acceptors (Lipinski definition) is 2. The molecule has 0 bridgehead atoms. The molecule has 1 N–H and O–H groups in total. The number of hydrogen-bond donors (Lipinski definition) is 1. The van der Waals surface area contributed by atoms with Crippen LogP contribution in [0.15, 0.2) is 18.2 Å². The van der Waals surface area contributed by atoms with Gasteiger partial charge < -0.3 is 5.32 Å². The molecule has 2 aliphatic rings. The van der Waals surface area contributed by atoms with E-state index in [-0.39, 0.29) is 36.7 Å². The molecule has 1 atom stereocenters. The van der Waals surface area contributed by atoms with E-state index in [1.807, 2.05) is 12.1 Å². The van der Waals surface area contributed by atoms with E-state index in [9.17, 15) is 4.39 Å². The topological polar surface area (TPSA) is 15.3 Å². The Kier molecular flexibility index (Phi) is 9.17. The summed E-state index contributed by atoms with van der Waals surface area (Å²) < 4.78 is 14.5. The molecule has 0 radical (unpaired) electrons. The van der Waals surface area contributed by atoms with Crippen molar-refractivity contribution in [3.63, 3.8) is 0 Å². The summed E-state index contributed by atoms with van der Waals surface area (Å²) in [6.45, 7) is 4.00. The molecular weight excluding hydrogens is 358 g/mol. The fourth-order valence-corrected chi connectivity index (χ4v) is 4.06. The van der Waals surface area contributed by atoms with E-state index in [2.05, 4.69) is 10.2 Å². The summed E-state index contributed by atoms with van der Waals surface area (Å²) in [5, 5.41) is 3.88. The highest BCUT2D eigenvalue weighted by Crippen LogP contribution is 2.39. The lowest BCUT2D eigenvalue weighted by molar-refractivity contribution is 0.101. The number of halogens is 4. The Morgan fingerprint density at radius 3 is 2.35 bits per heavy atom. The predicted octanol–water partition coefficient (Wildman–Crippen LogP) is 4.85. The van der Waals surface area contributed by atoms with Crippen LogP contribution in [0.2, 0.25) is 5.02 Å². The normalized spacial score (nSPS) is 21.1. The van der Waals surface area contributed by atoms with Gasteiger partial charge in [0, 0.05) is 42.8 Å². The standard InChI is InChI=1S/C17H24ClFN2.2ClH/c18-14-6-7-15(16(19)12-14)17(13-4-2-1-3-5-13)21-10-8-20-9-11-21;;/h6-7,12-13,17,20H,1-5,8-11H2;2*1H/t17-;;/m0../s1. The molecule has 3 rings (SSSR count). The first-order chi connectivity index (χ1) is 10.3. The van der Waals surface area contributed by atoms with Gasteiger partial charge in [-0.3, -0.25) is 4.90 Å². The third-order valence-corrected chi connectivity index (χ3v) is 5.16. The molecule has 2 nitrogen and oxygen atoms in total. The quantitative estimate of drug-likeness (QED) is 0.802. The summed E-state index contributed by atoms with van der Waals surface area (Å²) in [5.74, 6) is 0.434. The van der Waals surface area contributed by atoms with Crippen molar-refractivity contribution in [1.29, 1.82) is 0 Å². The number of nitrogens with zero attached hydrogens (tertiary/aromatic N) is 1. The minimum Gasteiger partial charge on any atom is -0.314 e. The van der Waals surface area contributed by atoms with Crippen LogP contribution in [0, 0.1) is 11.7 Å². The smallest absolute Gasteiger partial charge is 0.129 e. The summed E-state index contributed by atoms with van der Waals surface area (Å²) in [6.07, 6.45) is 6.33. The van der Waals surface area contributed by atoms with Crippen molar-refractivity contribution in [3.8, 4) is 0 Å². The molecule has 1 aliphatic carbocycles. The van der Waals surface area contributed by atoms with Crippen LogP contribution in [-0.4, -0.2) is 31.1 Å². The Morgan fingerprint density at radius 2 is 1.74 bits per heavy atom. The van der Waals surface area contributed by atoms with Crippen LogP contribution in [0.5, 0.6) is 0 Å². The monoisotopic (exact) mass is 382 g/mol. The van der Waals surface area contributed by atoms with Gasteiger partial charge in [-0.1, -0.05) is 36.9 Å². The van der Waals surface area contributed by atoms with Crippen LogP contribution < -0.4 is 5.32 Å². The van der Waals surface area contributed by atoms with Crippen LogP contribution in [0.4, 0.5) is 4.39 Å². The summed E-state index contributed by atoms with van der Waals surface area (Å²) in [5.41, 5.74) is 0.841. The van der Waals surface area contributed by atoms with Gasteiger partial charge in [-0.05, 0) is 30.9 Å². The summed E-state index contributed by atoms with van der Waals surface area (Å²) in [6, 6.07) is 5.41. The Morgan fingerprint density at radius 1 is 1.09 bits per heavy atom. The minimum absolute atomic E-state index is 0. The van der Waals surface area contributed by atoms with E-state index < -0.39 is 0 Å². The van der Waals surface area contributed by atoms with Crippen molar-refractivity contribution in [2.24, 2.45) is 5.92 Å². The maximum absolute atomic E-state index is 14.5. The summed E-state index contributed by atoms with van der Waals surface area (Å²) >= 11 is 5.93. The fourth-order valence-electron chi connectivity index (χ4n) is 3.90. The highest BCUT2D eigenvalue weighted by molar-refractivity contribution is 6.30. The lowest BCUT2D eigenvalue weighted by atomic mass is 9.80. The van der Waals surface area contributed by atoms with Gasteiger partial charge in [0.25, 0.3) is 0 Å². The van der Waals surface area contributed by atoms with Crippen LogP contribution in [0.1, 0.15) is 43.7 Å². The zero-order chi connectivity index (χ0) is 14.7. The zero-order valence-electron chi connectivity index (χ0n) is 13.3. The number of benzene rings is 1. The van der Waals surface area contributed by atoms with Gasteiger partial charge in [-0.2, -0.15) is 0 Å². The Labute approximate surface area is 156 Å². The largest absolute Gasteiger partial charge is 0.314 e. The number of piperazine rings is 1. The molecule has 1 heterocycles. The van der Waals surface area contributed by atoms with Crippen LogP contribution in [0.25, 0.3) is 0 Å². The lowest BCUT2D eigenvalue weighted by Gasteiger charge is -2.41. The van der Waals surface area contributed by atoms with E-state index in [0.717, 1.165) is 31.7 Å². The van der Waals surface area contributed by atoms with E-state index in [1.165, 1.54) is 38.2 Å². The third-order valence-electron chi connectivity index (χ3n) is 4.92. The second kappa shape index (κ2) is 10.0. The summed E-state index contributed by atoms with van der Waals surface area (Å²) in [4.78, 5) is 2.47. The molecule has 0 unspecified atom stereocenters. The predicted molar refractivity (Wildman–Crippen MR) is 99.7 cm³/mol. The number of rotatable bonds is 3. The minimum atomic E-state index is -0.142. The molecular formula is C17H26Cl3FN2. The highest BCUT2D eigenvalue weighted by atomic mass is 35.5. The van der Waals surface area contributed by atoms with Crippen molar-refractivity contribution in [1.82, 2.24) is 10.2 Å². The molecule has 0 amide bonds. The maximum atomic E-state index is 14.5. The molecule has 1 aliphatic heterocycles. The Hall–Kier alpha value is -0.0600. The molecule has 1 saturated heterocycles. The second-order valence-corrected chi connectivity index (χ2v) is 6.73. The molecule has 0 spiro atoms. The van der Waals surface area contributed by atoms with Gasteiger partial charge in [0.05, 0.1) is 0 Å². The maximum Gasteiger partial charge on any atom is 0.129 e. The first-order valence-corrected chi connectivity index (χ1v) is 8.53. The van der Waals surface area contributed by atoms with E-state index in [4.69, 9.17) is 11.6 Å². The molecule has 6 heteroatoms. The average molecular weight is 384 g/mol. The second-order valence-electron chi connectivity index (χ2n) is 6.29. The fraction of sp³-hybridized carbons (Fsp3) is 0.647. The molecule has 132 valence electrons. The van der Waals surface area contributed by atoms with Gasteiger partial charge in [-0.15, -0.1) is 24.8 Å². The molecule has 1 aromatic rings. The lowest BCUT2D eigenvalue weighted by Crippen LogP contribution is -2.47. The van der Waals surface area contributed by atoms with Crippen molar-refractivity contribution < 1.29 is 4.39 Å². The van der Waals surface area contributed by atoms with Gasteiger partial charge in [0.1, 0.15) is 5.82 Å². The van der Waals surface area contributed by atoms with Crippen molar-refractivity contribution in [2.45, 2.75) is 38.1 Å². The molecule has 2 fully saturated rings. The molecule has 1 saturated carbocycles.